The van der Waals surface area contributed by atoms with Crippen molar-refractivity contribution in [3.8, 4) is 5.82 Å². The summed E-state index contributed by atoms with van der Waals surface area (Å²) in [7, 11) is 0. The number of nitrogen functional groups attached to an aromatic ring is 1. The largest absolute Gasteiger partial charge is 0.382 e. The molecule has 2 rings (SSSR count). The summed E-state index contributed by atoms with van der Waals surface area (Å²) in [6, 6.07) is 1.39. The fourth-order valence-electron chi connectivity index (χ4n) is 1.37. The summed E-state index contributed by atoms with van der Waals surface area (Å²) in [5.41, 5.74) is 6.32. The molecule has 0 spiro atoms. The topological polar surface area (TPSA) is 89.6 Å². The zero-order valence-electron chi connectivity index (χ0n) is 9.19. The van der Waals surface area contributed by atoms with Gasteiger partial charge < -0.3 is 10.7 Å². The Labute approximate surface area is 92.1 Å². The van der Waals surface area contributed by atoms with Crippen molar-refractivity contribution in [1.29, 1.82) is 0 Å². The van der Waals surface area contributed by atoms with Crippen molar-refractivity contribution < 1.29 is 0 Å². The third-order valence-electron chi connectivity index (χ3n) is 2.28. The SMILES string of the molecule is CCc1nc(-n2cc(C)c(N)n2)cc(=O)[nH]1. The Morgan fingerprint density at radius 3 is 2.88 bits per heavy atom. The van der Waals surface area contributed by atoms with Gasteiger partial charge in [-0.2, -0.15) is 0 Å². The number of nitrogens with zero attached hydrogens (tertiary/aromatic N) is 3. The van der Waals surface area contributed by atoms with E-state index >= 15 is 0 Å². The van der Waals surface area contributed by atoms with E-state index in [9.17, 15) is 4.79 Å². The van der Waals surface area contributed by atoms with Gasteiger partial charge in [0.25, 0.3) is 5.56 Å². The van der Waals surface area contributed by atoms with Gasteiger partial charge in [-0.15, -0.1) is 5.10 Å². The predicted molar refractivity (Wildman–Crippen MR) is 60.5 cm³/mol. The molecule has 0 aliphatic heterocycles. The lowest BCUT2D eigenvalue weighted by Gasteiger charge is -2.01. The van der Waals surface area contributed by atoms with Gasteiger partial charge in [0.15, 0.2) is 5.82 Å². The van der Waals surface area contributed by atoms with Crippen molar-refractivity contribution >= 4 is 5.82 Å². The molecule has 0 saturated heterocycles. The summed E-state index contributed by atoms with van der Waals surface area (Å²) in [6.45, 7) is 3.78. The first-order chi connectivity index (χ1) is 7.60. The van der Waals surface area contributed by atoms with Crippen molar-refractivity contribution in [3.05, 3.63) is 34.0 Å². The van der Waals surface area contributed by atoms with Gasteiger partial charge in [-0.1, -0.05) is 6.92 Å². The Morgan fingerprint density at radius 2 is 2.31 bits per heavy atom. The van der Waals surface area contributed by atoms with Crippen molar-refractivity contribution in [3.63, 3.8) is 0 Å². The summed E-state index contributed by atoms with van der Waals surface area (Å²) in [6.07, 6.45) is 2.41. The third kappa shape index (κ3) is 1.81. The molecule has 16 heavy (non-hydrogen) atoms. The number of rotatable bonds is 2. The van der Waals surface area contributed by atoms with E-state index in [0.29, 0.717) is 23.9 Å². The third-order valence-corrected chi connectivity index (χ3v) is 2.28. The zero-order valence-corrected chi connectivity index (χ0v) is 9.19. The van der Waals surface area contributed by atoms with Crippen molar-refractivity contribution in [2.24, 2.45) is 0 Å². The standard InChI is InChI=1S/C10H13N5O/c1-3-7-12-8(4-9(16)13-7)15-5-6(2)10(11)14-15/h4-5H,3H2,1-2H3,(H2,11,14)(H,12,13,16). The van der Waals surface area contributed by atoms with Crippen molar-refractivity contribution in [2.75, 3.05) is 5.73 Å². The molecular formula is C10H13N5O. The van der Waals surface area contributed by atoms with E-state index in [4.69, 9.17) is 5.73 Å². The summed E-state index contributed by atoms with van der Waals surface area (Å²) >= 11 is 0. The minimum atomic E-state index is -0.187. The second kappa shape index (κ2) is 3.80. The average Bonchev–Trinajstić information content (AvgIpc) is 2.58. The number of H-pyrrole nitrogens is 1. The van der Waals surface area contributed by atoms with Crippen LogP contribution < -0.4 is 11.3 Å². The average molecular weight is 219 g/mol. The molecule has 0 aromatic carbocycles. The maximum atomic E-state index is 11.4. The molecule has 0 radical (unpaired) electrons. The van der Waals surface area contributed by atoms with E-state index in [2.05, 4.69) is 15.1 Å². The number of aryl methyl sites for hydroxylation is 2. The molecular weight excluding hydrogens is 206 g/mol. The molecule has 0 amide bonds. The normalized spacial score (nSPS) is 10.6. The predicted octanol–water partition coefficient (Wildman–Crippen LogP) is 0.409. The second-order valence-electron chi connectivity index (χ2n) is 3.55. The minimum Gasteiger partial charge on any atom is -0.382 e. The molecule has 84 valence electrons. The van der Waals surface area contributed by atoms with Crippen LogP contribution in [0, 0.1) is 6.92 Å². The highest BCUT2D eigenvalue weighted by Gasteiger charge is 2.06. The highest BCUT2D eigenvalue weighted by molar-refractivity contribution is 5.38. The maximum Gasteiger partial charge on any atom is 0.253 e. The smallest absolute Gasteiger partial charge is 0.253 e. The van der Waals surface area contributed by atoms with Gasteiger partial charge in [0.05, 0.1) is 0 Å². The summed E-state index contributed by atoms with van der Waals surface area (Å²) in [5.74, 6) is 1.56. The monoisotopic (exact) mass is 219 g/mol. The molecule has 2 heterocycles. The number of aromatic nitrogens is 4. The number of hydrogen-bond donors (Lipinski definition) is 2. The van der Waals surface area contributed by atoms with Crippen LogP contribution in [-0.2, 0) is 6.42 Å². The number of aromatic amines is 1. The molecule has 0 aliphatic carbocycles. The van der Waals surface area contributed by atoms with Crippen LogP contribution >= 0.6 is 0 Å². The molecule has 0 atom stereocenters. The number of hydrogen-bond acceptors (Lipinski definition) is 4. The number of nitrogens with one attached hydrogen (secondary N) is 1. The van der Waals surface area contributed by atoms with E-state index in [1.807, 2.05) is 13.8 Å². The summed E-state index contributed by atoms with van der Waals surface area (Å²) < 4.78 is 1.51. The quantitative estimate of drug-likeness (QED) is 0.765. The molecule has 0 bridgehead atoms. The first-order valence-corrected chi connectivity index (χ1v) is 5.02. The first kappa shape index (κ1) is 10.4. The Balaban J connectivity index is 2.55. The van der Waals surface area contributed by atoms with Gasteiger partial charge in [0.2, 0.25) is 0 Å². The van der Waals surface area contributed by atoms with Crippen LogP contribution in [0.15, 0.2) is 17.1 Å². The lowest BCUT2D eigenvalue weighted by Crippen LogP contribution is -2.13. The molecule has 6 nitrogen and oxygen atoms in total. The van der Waals surface area contributed by atoms with E-state index in [-0.39, 0.29) is 5.56 Å². The lowest BCUT2D eigenvalue weighted by atomic mass is 10.4. The number of anilines is 1. The first-order valence-electron chi connectivity index (χ1n) is 5.02. The van der Waals surface area contributed by atoms with Crippen LogP contribution in [-0.4, -0.2) is 19.7 Å². The Bertz CT molecular complexity index is 549. The lowest BCUT2D eigenvalue weighted by molar-refractivity contribution is 0.808. The molecule has 3 N–H and O–H groups in total. The highest BCUT2D eigenvalue weighted by atomic mass is 16.1. The molecule has 0 unspecified atom stereocenters. The van der Waals surface area contributed by atoms with Gasteiger partial charge >= 0.3 is 0 Å². The van der Waals surface area contributed by atoms with Crippen LogP contribution in [0.1, 0.15) is 18.3 Å². The molecule has 0 fully saturated rings. The Morgan fingerprint density at radius 1 is 1.56 bits per heavy atom. The van der Waals surface area contributed by atoms with Crippen LogP contribution in [0.4, 0.5) is 5.82 Å². The summed E-state index contributed by atoms with van der Waals surface area (Å²) in [5, 5.41) is 4.08. The molecule has 0 saturated carbocycles. The molecule has 2 aromatic heterocycles. The van der Waals surface area contributed by atoms with Crippen molar-refractivity contribution in [1.82, 2.24) is 19.7 Å². The van der Waals surface area contributed by atoms with Crippen LogP contribution in [0.5, 0.6) is 0 Å². The Kier molecular flexibility index (Phi) is 2.47. The van der Waals surface area contributed by atoms with E-state index in [0.717, 1.165) is 5.56 Å². The zero-order chi connectivity index (χ0) is 11.7. The van der Waals surface area contributed by atoms with Crippen LogP contribution in [0.3, 0.4) is 0 Å². The second-order valence-corrected chi connectivity index (χ2v) is 3.55. The number of nitrogens with two attached hydrogens (primary N) is 1. The van der Waals surface area contributed by atoms with E-state index in [1.54, 1.807) is 6.20 Å². The van der Waals surface area contributed by atoms with Crippen molar-refractivity contribution in [2.45, 2.75) is 20.3 Å². The fraction of sp³-hybridized carbons (Fsp3) is 0.300. The van der Waals surface area contributed by atoms with Gasteiger partial charge in [0.1, 0.15) is 11.6 Å². The summed E-state index contributed by atoms with van der Waals surface area (Å²) in [4.78, 5) is 18.3. The minimum absolute atomic E-state index is 0.187. The molecule has 2 aromatic rings. The molecule has 0 aliphatic rings. The van der Waals surface area contributed by atoms with E-state index in [1.165, 1.54) is 10.7 Å². The van der Waals surface area contributed by atoms with Gasteiger partial charge in [-0.3, -0.25) is 4.79 Å². The van der Waals surface area contributed by atoms with Crippen LogP contribution in [0.25, 0.3) is 5.82 Å². The highest BCUT2D eigenvalue weighted by Crippen LogP contribution is 2.09. The fourth-order valence-corrected chi connectivity index (χ4v) is 1.37. The van der Waals surface area contributed by atoms with Gasteiger partial charge in [0, 0.05) is 24.2 Å². The van der Waals surface area contributed by atoms with Gasteiger partial charge in [-0.05, 0) is 6.92 Å². The molecule has 6 heteroatoms. The van der Waals surface area contributed by atoms with E-state index < -0.39 is 0 Å². The Hall–Kier alpha value is -2.11. The maximum absolute atomic E-state index is 11.4. The van der Waals surface area contributed by atoms with Crippen LogP contribution in [0.2, 0.25) is 0 Å². The van der Waals surface area contributed by atoms with Gasteiger partial charge in [-0.25, -0.2) is 9.67 Å².